The van der Waals surface area contributed by atoms with Gasteiger partial charge in [-0.15, -0.1) is 0 Å². The van der Waals surface area contributed by atoms with Crippen molar-refractivity contribution in [1.82, 2.24) is 20.1 Å². The van der Waals surface area contributed by atoms with E-state index >= 15 is 0 Å². The Morgan fingerprint density at radius 3 is 2.94 bits per heavy atom. The molecule has 0 spiro atoms. The van der Waals surface area contributed by atoms with E-state index in [0.717, 1.165) is 25.3 Å². The van der Waals surface area contributed by atoms with Crippen LogP contribution in [0, 0.1) is 0 Å². The highest BCUT2D eigenvalue weighted by Crippen LogP contribution is 2.26. The first-order chi connectivity index (χ1) is 7.90. The molecular weight excluding hydrogens is 200 g/mol. The zero-order valence-electron chi connectivity index (χ0n) is 10.2. The zero-order valence-corrected chi connectivity index (χ0v) is 10.2. The molecule has 1 N–H and O–H groups in total. The van der Waals surface area contributed by atoms with Crippen LogP contribution in [0.15, 0.2) is 6.33 Å². The van der Waals surface area contributed by atoms with E-state index in [0.29, 0.717) is 6.04 Å². The maximum atomic E-state index is 4.55. The molecule has 0 aromatic carbocycles. The van der Waals surface area contributed by atoms with Gasteiger partial charge >= 0.3 is 0 Å². The molecule has 0 amide bonds. The Labute approximate surface area is 97.5 Å². The Kier molecular flexibility index (Phi) is 4.34. The van der Waals surface area contributed by atoms with Gasteiger partial charge in [-0.25, -0.2) is 9.67 Å². The van der Waals surface area contributed by atoms with Crippen LogP contribution in [-0.4, -0.2) is 21.3 Å². The Balaban J connectivity index is 1.85. The van der Waals surface area contributed by atoms with Gasteiger partial charge in [0.25, 0.3) is 0 Å². The lowest BCUT2D eigenvalue weighted by Crippen LogP contribution is -2.16. The molecule has 2 rings (SSSR count). The van der Waals surface area contributed by atoms with Gasteiger partial charge in [-0.2, -0.15) is 5.10 Å². The second kappa shape index (κ2) is 5.99. The van der Waals surface area contributed by atoms with Crippen molar-refractivity contribution in [2.24, 2.45) is 0 Å². The third-order valence-electron chi connectivity index (χ3n) is 3.21. The summed E-state index contributed by atoms with van der Waals surface area (Å²) in [6.45, 7) is 4.01. The molecule has 1 aliphatic carbocycles. The molecule has 1 aromatic rings. The van der Waals surface area contributed by atoms with Crippen LogP contribution in [0.4, 0.5) is 0 Å². The molecule has 0 radical (unpaired) electrons. The second-order valence-corrected chi connectivity index (χ2v) is 4.61. The molecule has 1 aromatic heterocycles. The average Bonchev–Trinajstić information content (AvgIpc) is 2.79. The van der Waals surface area contributed by atoms with Crippen molar-refractivity contribution in [3.63, 3.8) is 0 Å². The lowest BCUT2D eigenvalue weighted by atomic mass is 9.96. The fourth-order valence-corrected chi connectivity index (χ4v) is 2.29. The van der Waals surface area contributed by atoms with Gasteiger partial charge < -0.3 is 5.32 Å². The molecular formula is C12H22N4. The van der Waals surface area contributed by atoms with Gasteiger partial charge in [0.1, 0.15) is 6.33 Å². The van der Waals surface area contributed by atoms with Crippen molar-refractivity contribution in [1.29, 1.82) is 0 Å². The van der Waals surface area contributed by atoms with Crippen LogP contribution in [-0.2, 0) is 6.54 Å². The number of nitrogens with zero attached hydrogens (tertiary/aromatic N) is 3. The molecule has 0 atom stereocenters. The third kappa shape index (κ3) is 3.04. The molecule has 0 saturated heterocycles. The summed E-state index contributed by atoms with van der Waals surface area (Å²) in [6.07, 6.45) is 9.66. The largest absolute Gasteiger partial charge is 0.310 e. The summed E-state index contributed by atoms with van der Waals surface area (Å²) >= 11 is 0. The average molecular weight is 222 g/mol. The fraction of sp³-hybridized carbons (Fsp3) is 0.833. The van der Waals surface area contributed by atoms with Gasteiger partial charge in [0.2, 0.25) is 0 Å². The minimum absolute atomic E-state index is 0.598. The topological polar surface area (TPSA) is 42.7 Å². The lowest BCUT2D eigenvalue weighted by molar-refractivity contribution is 0.327. The van der Waals surface area contributed by atoms with Crippen molar-refractivity contribution >= 4 is 0 Å². The number of hydrogen-bond acceptors (Lipinski definition) is 3. The first-order valence-electron chi connectivity index (χ1n) is 6.51. The maximum Gasteiger partial charge on any atom is 0.164 e. The Morgan fingerprint density at radius 1 is 1.38 bits per heavy atom. The van der Waals surface area contributed by atoms with Crippen LogP contribution in [0.2, 0.25) is 0 Å². The monoisotopic (exact) mass is 222 g/mol. The highest BCUT2D eigenvalue weighted by atomic mass is 15.3. The number of aromatic nitrogens is 3. The summed E-state index contributed by atoms with van der Waals surface area (Å²) in [5.74, 6) is 0.930. The van der Waals surface area contributed by atoms with Crippen LogP contribution >= 0.6 is 0 Å². The number of nitrogens with one attached hydrogen (secondary N) is 1. The van der Waals surface area contributed by atoms with E-state index in [4.69, 9.17) is 0 Å². The minimum atomic E-state index is 0.598. The van der Waals surface area contributed by atoms with Gasteiger partial charge in [-0.05, 0) is 25.8 Å². The van der Waals surface area contributed by atoms with Crippen molar-refractivity contribution < 1.29 is 0 Å². The van der Waals surface area contributed by atoms with Crippen LogP contribution < -0.4 is 5.32 Å². The van der Waals surface area contributed by atoms with Crippen molar-refractivity contribution in [2.45, 2.75) is 58.0 Å². The predicted molar refractivity (Wildman–Crippen MR) is 64.1 cm³/mol. The van der Waals surface area contributed by atoms with E-state index in [2.05, 4.69) is 27.0 Å². The summed E-state index contributed by atoms with van der Waals surface area (Å²) in [5.41, 5.74) is 0. The second-order valence-electron chi connectivity index (χ2n) is 4.61. The van der Waals surface area contributed by atoms with Gasteiger partial charge in [0.05, 0.1) is 12.6 Å². The van der Waals surface area contributed by atoms with Gasteiger partial charge in [0, 0.05) is 0 Å². The van der Waals surface area contributed by atoms with Crippen LogP contribution in [0.1, 0.15) is 57.3 Å². The SMILES string of the molecule is CCCNCc1ncn(C2CCCCC2)n1. The van der Waals surface area contributed by atoms with Crippen molar-refractivity contribution in [3.05, 3.63) is 12.2 Å². The van der Waals surface area contributed by atoms with Gasteiger partial charge in [0.15, 0.2) is 5.82 Å². The molecule has 4 nitrogen and oxygen atoms in total. The molecule has 4 heteroatoms. The summed E-state index contributed by atoms with van der Waals surface area (Å²) in [7, 11) is 0. The van der Waals surface area contributed by atoms with E-state index in [1.54, 1.807) is 0 Å². The number of rotatable bonds is 5. The molecule has 0 aliphatic heterocycles. The standard InChI is InChI=1S/C12H22N4/c1-2-8-13-9-12-14-10-16(15-12)11-6-4-3-5-7-11/h10-11,13H,2-9H2,1H3. The number of hydrogen-bond donors (Lipinski definition) is 1. The summed E-state index contributed by atoms with van der Waals surface area (Å²) in [4.78, 5) is 4.35. The smallest absolute Gasteiger partial charge is 0.164 e. The fourth-order valence-electron chi connectivity index (χ4n) is 2.29. The molecule has 1 aliphatic rings. The molecule has 0 bridgehead atoms. The van der Waals surface area contributed by atoms with E-state index in [1.807, 2.05) is 6.33 Å². The van der Waals surface area contributed by atoms with E-state index in [1.165, 1.54) is 32.1 Å². The van der Waals surface area contributed by atoms with E-state index in [9.17, 15) is 0 Å². The van der Waals surface area contributed by atoms with Crippen molar-refractivity contribution in [2.75, 3.05) is 6.54 Å². The van der Waals surface area contributed by atoms with Gasteiger partial charge in [-0.3, -0.25) is 0 Å². The molecule has 1 fully saturated rings. The molecule has 90 valence electrons. The highest BCUT2D eigenvalue weighted by molar-refractivity contribution is 4.83. The summed E-state index contributed by atoms with van der Waals surface area (Å²) in [5, 5.41) is 7.88. The molecule has 16 heavy (non-hydrogen) atoms. The first-order valence-corrected chi connectivity index (χ1v) is 6.51. The summed E-state index contributed by atoms with van der Waals surface area (Å²) in [6, 6.07) is 0.598. The van der Waals surface area contributed by atoms with E-state index < -0.39 is 0 Å². The summed E-state index contributed by atoms with van der Waals surface area (Å²) < 4.78 is 2.07. The predicted octanol–water partition coefficient (Wildman–Crippen LogP) is 2.28. The zero-order chi connectivity index (χ0) is 11.2. The molecule has 0 unspecified atom stereocenters. The maximum absolute atomic E-state index is 4.55. The Morgan fingerprint density at radius 2 is 2.19 bits per heavy atom. The lowest BCUT2D eigenvalue weighted by Gasteiger charge is -2.21. The quantitative estimate of drug-likeness (QED) is 0.777. The normalized spacial score (nSPS) is 17.8. The first kappa shape index (κ1) is 11.6. The van der Waals surface area contributed by atoms with Crippen molar-refractivity contribution in [3.8, 4) is 0 Å². The Hall–Kier alpha value is -0.900. The van der Waals surface area contributed by atoms with Crippen LogP contribution in [0.25, 0.3) is 0 Å². The Bertz CT molecular complexity index is 302. The van der Waals surface area contributed by atoms with Crippen LogP contribution in [0.3, 0.4) is 0 Å². The third-order valence-corrected chi connectivity index (χ3v) is 3.21. The van der Waals surface area contributed by atoms with E-state index in [-0.39, 0.29) is 0 Å². The highest BCUT2D eigenvalue weighted by Gasteiger charge is 2.16. The van der Waals surface area contributed by atoms with Gasteiger partial charge in [-0.1, -0.05) is 26.2 Å². The van der Waals surface area contributed by atoms with Crippen LogP contribution in [0.5, 0.6) is 0 Å². The minimum Gasteiger partial charge on any atom is -0.310 e. The molecule has 1 heterocycles. The molecule has 1 saturated carbocycles.